The van der Waals surface area contributed by atoms with E-state index in [-0.39, 0.29) is 5.41 Å². The summed E-state index contributed by atoms with van der Waals surface area (Å²) in [4.78, 5) is 4.97. The van der Waals surface area contributed by atoms with E-state index in [9.17, 15) is 0 Å². The third-order valence-electron chi connectivity index (χ3n) is 6.61. The van der Waals surface area contributed by atoms with Gasteiger partial charge in [-0.1, -0.05) is 35.3 Å². The van der Waals surface area contributed by atoms with E-state index in [4.69, 9.17) is 16.0 Å². The molecule has 0 bridgehead atoms. The van der Waals surface area contributed by atoms with Crippen LogP contribution in [0.3, 0.4) is 0 Å². The van der Waals surface area contributed by atoms with Gasteiger partial charge >= 0.3 is 6.01 Å². The quantitative estimate of drug-likeness (QED) is 0.785. The maximum Gasteiger partial charge on any atom is 0.318 e. The van der Waals surface area contributed by atoms with Crippen LogP contribution in [0.25, 0.3) is 0 Å². The Kier molecular flexibility index (Phi) is 4.60. The molecule has 1 saturated carbocycles. The van der Waals surface area contributed by atoms with Crippen LogP contribution in [0.2, 0.25) is 5.02 Å². The third-order valence-corrected chi connectivity index (χ3v) is 6.86. The smallest absolute Gasteiger partial charge is 0.318 e. The van der Waals surface area contributed by atoms with E-state index < -0.39 is 0 Å². The molecule has 27 heavy (non-hydrogen) atoms. The number of anilines is 1. The van der Waals surface area contributed by atoms with E-state index in [1.54, 1.807) is 0 Å². The number of nitrogens with zero attached hydrogens (tertiary/aromatic N) is 4. The molecule has 0 amide bonds. The second-order valence-electron chi connectivity index (χ2n) is 8.29. The van der Waals surface area contributed by atoms with Crippen LogP contribution < -0.4 is 4.90 Å². The van der Waals surface area contributed by atoms with Crippen LogP contribution in [-0.4, -0.2) is 47.3 Å². The van der Waals surface area contributed by atoms with E-state index >= 15 is 0 Å². The van der Waals surface area contributed by atoms with E-state index in [0.717, 1.165) is 42.9 Å². The molecule has 0 N–H and O–H groups in total. The number of hydrogen-bond acceptors (Lipinski definition) is 5. The molecule has 0 atom stereocenters. The van der Waals surface area contributed by atoms with Crippen molar-refractivity contribution >= 4 is 17.6 Å². The summed E-state index contributed by atoms with van der Waals surface area (Å²) in [6, 6.07) is 9.49. The van der Waals surface area contributed by atoms with Gasteiger partial charge in [-0.25, -0.2) is 0 Å². The van der Waals surface area contributed by atoms with Gasteiger partial charge in [0.15, 0.2) is 0 Å². The fourth-order valence-electron chi connectivity index (χ4n) is 4.76. The maximum atomic E-state index is 6.17. The Labute approximate surface area is 165 Å². The molecule has 1 aromatic carbocycles. The zero-order valence-corrected chi connectivity index (χ0v) is 16.5. The standard InChI is InChI=1S/C21H27ClN4O/c22-17-6-4-16(5-7-17)21(10-11-21)19-23-24-20(27-19)26-14-8-18(9-15-26)25-12-2-1-3-13-25/h4-7,18H,1-3,8-15H2. The lowest BCUT2D eigenvalue weighted by molar-refractivity contribution is 0.140. The van der Waals surface area contributed by atoms with Crippen LogP contribution >= 0.6 is 11.6 Å². The molecular formula is C21H27ClN4O. The largest absolute Gasteiger partial charge is 0.407 e. The SMILES string of the molecule is Clc1ccc(C2(c3nnc(N4CCC(N5CCCCC5)CC4)o3)CC2)cc1. The highest BCUT2D eigenvalue weighted by Crippen LogP contribution is 2.53. The molecule has 144 valence electrons. The summed E-state index contributed by atoms with van der Waals surface area (Å²) >= 11 is 6.04. The maximum absolute atomic E-state index is 6.17. The van der Waals surface area contributed by atoms with Gasteiger partial charge in [-0.15, -0.1) is 5.10 Å². The van der Waals surface area contributed by atoms with Crippen LogP contribution in [0.1, 0.15) is 56.4 Å². The summed E-state index contributed by atoms with van der Waals surface area (Å²) in [7, 11) is 0. The number of likely N-dealkylation sites (tertiary alicyclic amines) is 1. The van der Waals surface area contributed by atoms with Crippen molar-refractivity contribution in [2.24, 2.45) is 0 Å². The second-order valence-corrected chi connectivity index (χ2v) is 8.73. The fourth-order valence-corrected chi connectivity index (χ4v) is 4.89. The van der Waals surface area contributed by atoms with Crippen molar-refractivity contribution in [3.8, 4) is 0 Å². The highest BCUT2D eigenvalue weighted by atomic mass is 35.5. The lowest BCUT2D eigenvalue weighted by atomic mass is 9.96. The normalized spacial score (nSPS) is 23.5. The number of hydrogen-bond donors (Lipinski definition) is 0. The number of halogens is 1. The van der Waals surface area contributed by atoms with Crippen molar-refractivity contribution in [3.63, 3.8) is 0 Å². The summed E-state index contributed by atoms with van der Waals surface area (Å²) in [5.41, 5.74) is 1.13. The van der Waals surface area contributed by atoms with Crippen LogP contribution in [0.15, 0.2) is 28.7 Å². The van der Waals surface area contributed by atoms with Gasteiger partial charge in [0.1, 0.15) is 0 Å². The molecule has 3 aliphatic rings. The summed E-state index contributed by atoms with van der Waals surface area (Å²) < 4.78 is 6.17. The average Bonchev–Trinajstić information content (AvgIpc) is 3.38. The Morgan fingerprint density at radius 1 is 0.926 bits per heavy atom. The molecule has 3 fully saturated rings. The van der Waals surface area contributed by atoms with E-state index in [0.29, 0.717) is 6.01 Å². The summed E-state index contributed by atoms with van der Waals surface area (Å²) in [6.45, 7) is 4.57. The van der Waals surface area contributed by atoms with Gasteiger partial charge in [0, 0.05) is 24.2 Å². The number of benzene rings is 1. The lowest BCUT2D eigenvalue weighted by Crippen LogP contribution is -2.46. The molecule has 1 aromatic heterocycles. The summed E-state index contributed by atoms with van der Waals surface area (Å²) in [6.07, 6.45) is 8.64. The third kappa shape index (κ3) is 3.36. The Bertz CT molecular complexity index is 772. The minimum Gasteiger partial charge on any atom is -0.407 e. The van der Waals surface area contributed by atoms with Gasteiger partial charge in [-0.2, -0.15) is 0 Å². The van der Waals surface area contributed by atoms with Crippen molar-refractivity contribution in [2.45, 2.75) is 56.4 Å². The van der Waals surface area contributed by atoms with Crippen molar-refractivity contribution in [1.82, 2.24) is 15.1 Å². The molecule has 2 aromatic rings. The fraction of sp³-hybridized carbons (Fsp3) is 0.619. The first-order valence-corrected chi connectivity index (χ1v) is 10.7. The summed E-state index contributed by atoms with van der Waals surface area (Å²) in [5.74, 6) is 0.762. The minimum atomic E-state index is -0.0953. The molecule has 6 heteroatoms. The van der Waals surface area contributed by atoms with E-state index in [1.165, 1.54) is 50.8 Å². The molecule has 0 radical (unpaired) electrons. The van der Waals surface area contributed by atoms with Crippen LogP contribution in [0.4, 0.5) is 6.01 Å². The highest BCUT2D eigenvalue weighted by Gasteiger charge is 2.51. The molecule has 0 unspecified atom stereocenters. The zero-order chi connectivity index (χ0) is 18.3. The first-order chi connectivity index (χ1) is 13.2. The molecule has 2 saturated heterocycles. The van der Waals surface area contributed by atoms with Gasteiger partial charge < -0.3 is 14.2 Å². The van der Waals surface area contributed by atoms with Gasteiger partial charge in [-0.05, 0) is 69.3 Å². The Morgan fingerprint density at radius 3 is 2.30 bits per heavy atom. The van der Waals surface area contributed by atoms with Gasteiger partial charge in [0.2, 0.25) is 5.89 Å². The van der Waals surface area contributed by atoms with Crippen molar-refractivity contribution in [3.05, 3.63) is 40.7 Å². The molecule has 5 rings (SSSR count). The topological polar surface area (TPSA) is 45.4 Å². The van der Waals surface area contributed by atoms with Gasteiger partial charge in [0.05, 0.1) is 5.41 Å². The van der Waals surface area contributed by atoms with Crippen LogP contribution in [-0.2, 0) is 5.41 Å². The Balaban J connectivity index is 1.26. The monoisotopic (exact) mass is 386 g/mol. The second kappa shape index (κ2) is 7.10. The number of aromatic nitrogens is 2. The van der Waals surface area contributed by atoms with E-state index in [1.807, 2.05) is 12.1 Å². The number of piperidine rings is 2. The van der Waals surface area contributed by atoms with Crippen molar-refractivity contribution < 1.29 is 4.42 Å². The van der Waals surface area contributed by atoms with E-state index in [2.05, 4.69) is 32.1 Å². The van der Waals surface area contributed by atoms with Gasteiger partial charge in [0.25, 0.3) is 0 Å². The molecule has 3 heterocycles. The molecule has 1 aliphatic carbocycles. The number of rotatable bonds is 4. The van der Waals surface area contributed by atoms with Crippen LogP contribution in [0.5, 0.6) is 0 Å². The van der Waals surface area contributed by atoms with Gasteiger partial charge in [-0.3, -0.25) is 0 Å². The van der Waals surface area contributed by atoms with Crippen molar-refractivity contribution in [2.75, 3.05) is 31.1 Å². The molecule has 2 aliphatic heterocycles. The predicted octanol–water partition coefficient (Wildman–Crippen LogP) is 4.26. The lowest BCUT2D eigenvalue weighted by Gasteiger charge is -2.39. The average molecular weight is 387 g/mol. The Hall–Kier alpha value is -1.59. The predicted molar refractivity (Wildman–Crippen MR) is 106 cm³/mol. The molecule has 0 spiro atoms. The molecule has 5 nitrogen and oxygen atoms in total. The first-order valence-electron chi connectivity index (χ1n) is 10.3. The highest BCUT2D eigenvalue weighted by molar-refractivity contribution is 6.30. The first kappa shape index (κ1) is 17.5. The summed E-state index contributed by atoms with van der Waals surface area (Å²) in [5, 5.41) is 9.59. The Morgan fingerprint density at radius 2 is 1.63 bits per heavy atom. The van der Waals surface area contributed by atoms with Crippen molar-refractivity contribution in [1.29, 1.82) is 0 Å². The molecular weight excluding hydrogens is 360 g/mol. The van der Waals surface area contributed by atoms with Crippen LogP contribution in [0, 0.1) is 0 Å². The minimum absolute atomic E-state index is 0.0953. The zero-order valence-electron chi connectivity index (χ0n) is 15.7.